The lowest BCUT2D eigenvalue weighted by Gasteiger charge is -2.10. The minimum absolute atomic E-state index is 0.0260. The summed E-state index contributed by atoms with van der Waals surface area (Å²) in [6, 6.07) is 10.2. The minimum Gasteiger partial charge on any atom is -0.478 e. The van der Waals surface area contributed by atoms with Gasteiger partial charge in [-0.25, -0.2) is 13.2 Å². The van der Waals surface area contributed by atoms with Gasteiger partial charge in [0.1, 0.15) is 0 Å². The highest BCUT2D eigenvalue weighted by Gasteiger charge is 2.17. The summed E-state index contributed by atoms with van der Waals surface area (Å²) in [5.41, 5.74) is 0.766. The van der Waals surface area contributed by atoms with Gasteiger partial charge in [-0.1, -0.05) is 23.7 Å². The molecule has 2 N–H and O–H groups in total. The van der Waals surface area contributed by atoms with Crippen LogP contribution in [0, 0.1) is 6.92 Å². The first-order valence-corrected chi connectivity index (χ1v) is 7.78. The van der Waals surface area contributed by atoms with E-state index in [2.05, 4.69) is 4.72 Å². The summed E-state index contributed by atoms with van der Waals surface area (Å²) >= 11 is 5.91. The molecule has 7 heteroatoms. The van der Waals surface area contributed by atoms with Gasteiger partial charge in [-0.3, -0.25) is 4.72 Å². The van der Waals surface area contributed by atoms with Crippen molar-refractivity contribution in [2.45, 2.75) is 11.8 Å². The number of carboxylic acids is 1. The van der Waals surface area contributed by atoms with Crippen LogP contribution in [0.15, 0.2) is 47.4 Å². The molecule has 0 bridgehead atoms. The second-order valence-corrected chi connectivity index (χ2v) is 6.51. The normalized spacial score (nSPS) is 11.1. The Bertz CT molecular complexity index is 802. The molecule has 0 unspecified atom stereocenters. The van der Waals surface area contributed by atoms with Gasteiger partial charge < -0.3 is 5.11 Å². The van der Waals surface area contributed by atoms with Crippen LogP contribution in [-0.4, -0.2) is 19.5 Å². The number of hydrogen-bond donors (Lipinski definition) is 2. The molecular formula is C14H12ClNO4S. The third-order valence-electron chi connectivity index (χ3n) is 2.76. The van der Waals surface area contributed by atoms with E-state index in [4.69, 9.17) is 16.7 Å². The summed E-state index contributed by atoms with van der Waals surface area (Å²) in [5, 5.41) is 9.05. The smallest absolute Gasteiger partial charge is 0.335 e. The molecule has 0 heterocycles. The van der Waals surface area contributed by atoms with Crippen molar-refractivity contribution in [1.82, 2.24) is 0 Å². The number of carbonyl (C=O) groups is 1. The van der Waals surface area contributed by atoms with E-state index < -0.39 is 16.0 Å². The van der Waals surface area contributed by atoms with Crippen LogP contribution in [0.4, 0.5) is 5.69 Å². The third-order valence-corrected chi connectivity index (χ3v) is 4.45. The summed E-state index contributed by atoms with van der Waals surface area (Å²) in [5.74, 6) is -1.16. The molecule has 0 amide bonds. The Morgan fingerprint density at radius 2 is 1.90 bits per heavy atom. The highest BCUT2D eigenvalue weighted by molar-refractivity contribution is 7.92. The standard InChI is InChI=1S/C14H12ClNO4S/c1-9-3-2-4-11(7-9)21(19,20)16-13-8-10(14(17)18)5-6-12(13)15/h2-8,16H,1H3,(H,17,18). The van der Waals surface area contributed by atoms with E-state index in [1.807, 2.05) is 0 Å². The zero-order valence-corrected chi connectivity index (χ0v) is 12.6. The topological polar surface area (TPSA) is 83.5 Å². The summed E-state index contributed by atoms with van der Waals surface area (Å²) in [4.78, 5) is 11.0. The van der Waals surface area contributed by atoms with Gasteiger partial charge in [0.05, 0.1) is 21.2 Å². The first-order chi connectivity index (χ1) is 9.79. The number of anilines is 1. The van der Waals surface area contributed by atoms with E-state index in [0.29, 0.717) is 0 Å². The molecule has 2 aromatic carbocycles. The average molecular weight is 326 g/mol. The van der Waals surface area contributed by atoms with E-state index in [1.54, 1.807) is 19.1 Å². The Balaban J connectivity index is 2.41. The number of benzene rings is 2. The fourth-order valence-electron chi connectivity index (χ4n) is 1.72. The molecule has 0 aliphatic carbocycles. The molecule has 0 aromatic heterocycles. The third kappa shape index (κ3) is 3.53. The van der Waals surface area contributed by atoms with E-state index in [1.165, 1.54) is 30.3 Å². The summed E-state index contributed by atoms with van der Waals surface area (Å²) in [6.45, 7) is 1.77. The molecule has 110 valence electrons. The lowest BCUT2D eigenvalue weighted by atomic mass is 10.2. The fourth-order valence-corrected chi connectivity index (χ4v) is 3.12. The van der Waals surface area contributed by atoms with E-state index in [-0.39, 0.29) is 21.2 Å². The van der Waals surface area contributed by atoms with Crippen LogP contribution in [0.5, 0.6) is 0 Å². The van der Waals surface area contributed by atoms with Crippen molar-refractivity contribution < 1.29 is 18.3 Å². The molecule has 5 nitrogen and oxygen atoms in total. The van der Waals surface area contributed by atoms with Gasteiger partial charge in [-0.2, -0.15) is 0 Å². The molecule has 0 aliphatic rings. The van der Waals surface area contributed by atoms with Crippen LogP contribution in [-0.2, 0) is 10.0 Å². The second-order valence-electron chi connectivity index (χ2n) is 4.42. The maximum atomic E-state index is 12.3. The highest BCUT2D eigenvalue weighted by Crippen LogP contribution is 2.26. The number of rotatable bonds is 4. The van der Waals surface area contributed by atoms with Crippen molar-refractivity contribution in [2.75, 3.05) is 4.72 Å². The van der Waals surface area contributed by atoms with Crippen LogP contribution in [0.2, 0.25) is 5.02 Å². The Hall–Kier alpha value is -2.05. The van der Waals surface area contributed by atoms with Crippen LogP contribution < -0.4 is 4.72 Å². The molecule has 2 rings (SSSR count). The maximum Gasteiger partial charge on any atom is 0.335 e. The molecule has 2 aromatic rings. The molecule has 0 saturated heterocycles. The molecule has 0 fully saturated rings. The number of nitrogens with one attached hydrogen (secondary N) is 1. The van der Waals surface area contributed by atoms with Crippen LogP contribution in [0.1, 0.15) is 15.9 Å². The zero-order valence-electron chi connectivity index (χ0n) is 11.0. The minimum atomic E-state index is -3.83. The molecular weight excluding hydrogens is 314 g/mol. The molecule has 0 atom stereocenters. The van der Waals surface area contributed by atoms with Crippen LogP contribution in [0.25, 0.3) is 0 Å². The van der Waals surface area contributed by atoms with Crippen LogP contribution in [0.3, 0.4) is 0 Å². The number of halogens is 1. The van der Waals surface area contributed by atoms with Gasteiger partial charge in [0.2, 0.25) is 0 Å². The SMILES string of the molecule is Cc1cccc(S(=O)(=O)Nc2cc(C(=O)O)ccc2Cl)c1. The van der Waals surface area contributed by atoms with Gasteiger partial charge in [-0.05, 0) is 42.8 Å². The lowest BCUT2D eigenvalue weighted by molar-refractivity contribution is 0.0697. The van der Waals surface area contributed by atoms with Crippen molar-refractivity contribution >= 4 is 33.3 Å². The van der Waals surface area contributed by atoms with Gasteiger partial charge in [0.25, 0.3) is 10.0 Å². The predicted octanol–water partition coefficient (Wildman–Crippen LogP) is 3.15. The quantitative estimate of drug-likeness (QED) is 0.904. The van der Waals surface area contributed by atoms with Gasteiger partial charge in [-0.15, -0.1) is 0 Å². The van der Waals surface area contributed by atoms with Gasteiger partial charge in [0, 0.05) is 0 Å². The van der Waals surface area contributed by atoms with E-state index >= 15 is 0 Å². The Kier molecular flexibility index (Phi) is 4.20. The van der Waals surface area contributed by atoms with Crippen molar-refractivity contribution in [3.8, 4) is 0 Å². The second kappa shape index (κ2) is 5.75. The van der Waals surface area contributed by atoms with Crippen molar-refractivity contribution in [3.63, 3.8) is 0 Å². The Labute approximate surface area is 127 Å². The number of aromatic carboxylic acids is 1. The molecule has 21 heavy (non-hydrogen) atoms. The summed E-state index contributed by atoms with van der Waals surface area (Å²) < 4.78 is 26.8. The summed E-state index contributed by atoms with van der Waals surface area (Å²) in [6.07, 6.45) is 0. The van der Waals surface area contributed by atoms with Crippen molar-refractivity contribution in [3.05, 3.63) is 58.6 Å². The number of aryl methyl sites for hydroxylation is 1. The molecule has 0 radical (unpaired) electrons. The van der Waals surface area contributed by atoms with Gasteiger partial charge in [0.15, 0.2) is 0 Å². The number of sulfonamides is 1. The van der Waals surface area contributed by atoms with Crippen molar-refractivity contribution in [2.24, 2.45) is 0 Å². The predicted molar refractivity (Wildman–Crippen MR) is 80.4 cm³/mol. The first-order valence-electron chi connectivity index (χ1n) is 5.92. The zero-order chi connectivity index (χ0) is 15.6. The molecule has 0 aliphatic heterocycles. The summed E-state index contributed by atoms with van der Waals surface area (Å²) in [7, 11) is -3.83. The average Bonchev–Trinajstić information content (AvgIpc) is 2.41. The highest BCUT2D eigenvalue weighted by atomic mass is 35.5. The van der Waals surface area contributed by atoms with Crippen molar-refractivity contribution in [1.29, 1.82) is 0 Å². The fraction of sp³-hybridized carbons (Fsp3) is 0.0714. The Morgan fingerprint density at radius 1 is 1.19 bits per heavy atom. The van der Waals surface area contributed by atoms with E-state index in [0.717, 1.165) is 5.56 Å². The molecule has 0 saturated carbocycles. The number of hydrogen-bond acceptors (Lipinski definition) is 3. The monoisotopic (exact) mass is 325 g/mol. The Morgan fingerprint density at radius 3 is 2.52 bits per heavy atom. The lowest BCUT2D eigenvalue weighted by Crippen LogP contribution is -2.14. The number of carboxylic acid groups (broad SMARTS) is 1. The molecule has 0 spiro atoms. The first kappa shape index (κ1) is 15.3. The van der Waals surface area contributed by atoms with Crippen LogP contribution >= 0.6 is 11.6 Å². The maximum absolute atomic E-state index is 12.3. The van der Waals surface area contributed by atoms with E-state index in [9.17, 15) is 13.2 Å². The van der Waals surface area contributed by atoms with Gasteiger partial charge >= 0.3 is 5.97 Å². The largest absolute Gasteiger partial charge is 0.478 e.